The third-order valence-corrected chi connectivity index (χ3v) is 3.12. The van der Waals surface area contributed by atoms with Crippen LogP contribution in [0.25, 0.3) is 0 Å². The predicted molar refractivity (Wildman–Crippen MR) is 78.8 cm³/mol. The molecule has 2 heterocycles. The Morgan fingerprint density at radius 1 is 1.53 bits per heavy atom. The van der Waals surface area contributed by atoms with E-state index in [1.54, 1.807) is 6.20 Å². The SMILES string of the molecule is Cc1cc(N/C=C(\C=N)CN2CCNCC2)ccn1. The number of nitrogens with one attached hydrogen (secondary N) is 3. The molecule has 5 heteroatoms. The Bertz CT molecular complexity index is 449. The van der Waals surface area contributed by atoms with Crippen LogP contribution in [0, 0.1) is 12.3 Å². The number of aryl methyl sites for hydroxylation is 1. The minimum absolute atomic E-state index is 0.822. The molecule has 1 aromatic rings. The van der Waals surface area contributed by atoms with Gasteiger partial charge in [-0.15, -0.1) is 0 Å². The van der Waals surface area contributed by atoms with Crippen molar-refractivity contribution < 1.29 is 0 Å². The third kappa shape index (κ3) is 4.46. The summed E-state index contributed by atoms with van der Waals surface area (Å²) in [5, 5.41) is 14.1. The Morgan fingerprint density at radius 3 is 3.00 bits per heavy atom. The molecule has 0 aliphatic carbocycles. The van der Waals surface area contributed by atoms with E-state index in [1.807, 2.05) is 25.3 Å². The number of aromatic nitrogens is 1. The first kappa shape index (κ1) is 13.7. The molecule has 1 aliphatic rings. The normalized spacial score (nSPS) is 17.2. The number of piperazine rings is 1. The van der Waals surface area contributed by atoms with E-state index >= 15 is 0 Å². The van der Waals surface area contributed by atoms with Crippen molar-refractivity contribution in [1.29, 1.82) is 5.41 Å². The molecule has 19 heavy (non-hydrogen) atoms. The Kier molecular flexibility index (Phi) is 5.06. The van der Waals surface area contributed by atoms with Crippen LogP contribution in [0.5, 0.6) is 0 Å². The first-order valence-corrected chi connectivity index (χ1v) is 6.60. The van der Waals surface area contributed by atoms with Gasteiger partial charge in [-0.05, 0) is 24.6 Å². The monoisotopic (exact) mass is 259 g/mol. The summed E-state index contributed by atoms with van der Waals surface area (Å²) in [5.74, 6) is 0. The van der Waals surface area contributed by atoms with Gasteiger partial charge in [0.05, 0.1) is 0 Å². The van der Waals surface area contributed by atoms with Crippen LogP contribution < -0.4 is 10.6 Å². The number of hydrogen-bond acceptors (Lipinski definition) is 5. The van der Waals surface area contributed by atoms with Crippen LogP contribution in [0.1, 0.15) is 5.69 Å². The highest BCUT2D eigenvalue weighted by molar-refractivity contribution is 5.77. The van der Waals surface area contributed by atoms with Crippen molar-refractivity contribution in [3.05, 3.63) is 35.8 Å². The summed E-state index contributed by atoms with van der Waals surface area (Å²) < 4.78 is 0. The highest BCUT2D eigenvalue weighted by Crippen LogP contribution is 2.08. The van der Waals surface area contributed by atoms with Crippen LogP contribution in [-0.2, 0) is 0 Å². The molecule has 0 atom stereocenters. The van der Waals surface area contributed by atoms with Gasteiger partial charge in [-0.3, -0.25) is 9.88 Å². The lowest BCUT2D eigenvalue weighted by atomic mass is 10.2. The quantitative estimate of drug-likeness (QED) is 0.696. The molecule has 0 amide bonds. The fourth-order valence-corrected chi connectivity index (χ4v) is 2.07. The van der Waals surface area contributed by atoms with Crippen molar-refractivity contribution in [3.8, 4) is 0 Å². The fourth-order valence-electron chi connectivity index (χ4n) is 2.07. The van der Waals surface area contributed by atoms with E-state index in [0.717, 1.165) is 49.7 Å². The van der Waals surface area contributed by atoms with Gasteiger partial charge in [0.2, 0.25) is 0 Å². The average molecular weight is 259 g/mol. The topological polar surface area (TPSA) is 64.0 Å². The lowest BCUT2D eigenvalue weighted by Crippen LogP contribution is -2.44. The largest absolute Gasteiger partial charge is 0.361 e. The van der Waals surface area contributed by atoms with Gasteiger partial charge >= 0.3 is 0 Å². The maximum atomic E-state index is 7.50. The van der Waals surface area contributed by atoms with Gasteiger partial charge in [0.25, 0.3) is 0 Å². The Hall–Kier alpha value is -1.72. The third-order valence-electron chi connectivity index (χ3n) is 3.12. The number of nitrogens with zero attached hydrogens (tertiary/aromatic N) is 2. The second kappa shape index (κ2) is 7.01. The molecule has 102 valence electrons. The predicted octanol–water partition coefficient (Wildman–Crippen LogP) is 1.24. The van der Waals surface area contributed by atoms with Gasteiger partial charge < -0.3 is 16.0 Å². The van der Waals surface area contributed by atoms with E-state index in [-0.39, 0.29) is 0 Å². The molecule has 3 N–H and O–H groups in total. The second-order valence-electron chi connectivity index (χ2n) is 4.72. The highest BCUT2D eigenvalue weighted by atomic mass is 15.2. The first-order valence-electron chi connectivity index (χ1n) is 6.60. The molecule has 0 aromatic carbocycles. The van der Waals surface area contributed by atoms with E-state index in [0.29, 0.717) is 0 Å². The van der Waals surface area contributed by atoms with Gasteiger partial charge in [0.1, 0.15) is 0 Å². The number of pyridine rings is 1. The minimum Gasteiger partial charge on any atom is -0.361 e. The average Bonchev–Trinajstić information content (AvgIpc) is 2.44. The zero-order chi connectivity index (χ0) is 13.5. The molecular formula is C14H21N5. The van der Waals surface area contributed by atoms with Crippen LogP contribution in [0.2, 0.25) is 0 Å². The van der Waals surface area contributed by atoms with E-state index < -0.39 is 0 Å². The molecule has 1 fully saturated rings. The minimum atomic E-state index is 0.822. The smallest absolute Gasteiger partial charge is 0.0413 e. The zero-order valence-corrected chi connectivity index (χ0v) is 11.3. The summed E-state index contributed by atoms with van der Waals surface area (Å²) in [7, 11) is 0. The molecule has 1 aromatic heterocycles. The molecule has 1 aliphatic heterocycles. The summed E-state index contributed by atoms with van der Waals surface area (Å²) in [6.45, 7) is 6.93. The lowest BCUT2D eigenvalue weighted by molar-refractivity contribution is 0.262. The van der Waals surface area contributed by atoms with Crippen molar-refractivity contribution in [3.63, 3.8) is 0 Å². The molecule has 0 unspecified atom stereocenters. The Balaban J connectivity index is 1.92. The van der Waals surface area contributed by atoms with Crippen LogP contribution in [0.15, 0.2) is 30.1 Å². The molecule has 0 radical (unpaired) electrons. The van der Waals surface area contributed by atoms with Gasteiger partial charge in [-0.25, -0.2) is 0 Å². The van der Waals surface area contributed by atoms with Gasteiger partial charge in [0, 0.05) is 62.7 Å². The van der Waals surface area contributed by atoms with Crippen molar-refractivity contribution in [1.82, 2.24) is 15.2 Å². The fraction of sp³-hybridized carbons (Fsp3) is 0.429. The highest BCUT2D eigenvalue weighted by Gasteiger charge is 2.10. The van der Waals surface area contributed by atoms with E-state index in [2.05, 4.69) is 20.5 Å². The van der Waals surface area contributed by atoms with Gasteiger partial charge in [-0.2, -0.15) is 0 Å². The van der Waals surface area contributed by atoms with Crippen LogP contribution in [-0.4, -0.2) is 48.8 Å². The Labute approximate surface area is 114 Å². The Morgan fingerprint density at radius 2 is 2.32 bits per heavy atom. The maximum Gasteiger partial charge on any atom is 0.0413 e. The van der Waals surface area contributed by atoms with Crippen LogP contribution in [0.4, 0.5) is 5.69 Å². The van der Waals surface area contributed by atoms with Gasteiger partial charge in [0.15, 0.2) is 0 Å². The summed E-state index contributed by atoms with van der Waals surface area (Å²) in [4.78, 5) is 6.51. The molecule has 0 bridgehead atoms. The number of hydrogen-bond donors (Lipinski definition) is 3. The summed E-state index contributed by atoms with van der Waals surface area (Å²) in [5.41, 5.74) is 2.97. The second-order valence-corrected chi connectivity index (χ2v) is 4.72. The summed E-state index contributed by atoms with van der Waals surface area (Å²) in [6, 6.07) is 3.92. The number of rotatable bonds is 5. The molecule has 0 spiro atoms. The van der Waals surface area contributed by atoms with Gasteiger partial charge in [-0.1, -0.05) is 0 Å². The van der Waals surface area contributed by atoms with E-state index in [1.165, 1.54) is 6.21 Å². The van der Waals surface area contributed by atoms with Crippen molar-refractivity contribution in [2.45, 2.75) is 6.92 Å². The van der Waals surface area contributed by atoms with Crippen molar-refractivity contribution >= 4 is 11.9 Å². The van der Waals surface area contributed by atoms with Crippen molar-refractivity contribution in [2.24, 2.45) is 0 Å². The standard InChI is InChI=1S/C14H21N5/c1-12-8-14(2-3-17-12)18-10-13(9-15)11-19-6-4-16-5-7-19/h2-3,8-10,15-16H,4-7,11H2,1H3,(H,17,18)/b13-10+,15-9?. The summed E-state index contributed by atoms with van der Waals surface area (Å²) in [6.07, 6.45) is 5.11. The number of anilines is 1. The first-order chi connectivity index (χ1) is 9.28. The van der Waals surface area contributed by atoms with E-state index in [4.69, 9.17) is 5.41 Å². The lowest BCUT2D eigenvalue weighted by Gasteiger charge is -2.27. The molecule has 0 saturated carbocycles. The molecule has 5 nitrogen and oxygen atoms in total. The van der Waals surface area contributed by atoms with E-state index in [9.17, 15) is 0 Å². The molecule has 2 rings (SSSR count). The molecular weight excluding hydrogens is 238 g/mol. The van der Waals surface area contributed by atoms with Crippen molar-refractivity contribution in [2.75, 3.05) is 38.0 Å². The van der Waals surface area contributed by atoms with Crippen LogP contribution in [0.3, 0.4) is 0 Å². The molecule has 1 saturated heterocycles. The maximum absolute atomic E-state index is 7.50. The van der Waals surface area contributed by atoms with Crippen LogP contribution >= 0.6 is 0 Å². The zero-order valence-electron chi connectivity index (χ0n) is 11.3. The summed E-state index contributed by atoms with van der Waals surface area (Å²) >= 11 is 0.